The molecule has 160 valence electrons. The zero-order chi connectivity index (χ0) is 21.7. The summed E-state index contributed by atoms with van der Waals surface area (Å²) < 4.78 is 4.33. The number of anilines is 1. The number of aromatic nitrogens is 4. The van der Waals surface area contributed by atoms with E-state index < -0.39 is 17.2 Å². The maximum Gasteiger partial charge on any atom is 0.333 e. The summed E-state index contributed by atoms with van der Waals surface area (Å²) in [6, 6.07) is 7.38. The lowest BCUT2D eigenvalue weighted by molar-refractivity contribution is -0.116. The van der Waals surface area contributed by atoms with E-state index in [0.29, 0.717) is 29.9 Å². The number of carbonyl (C=O) groups is 1. The Bertz CT molecular complexity index is 1160. The zero-order valence-corrected chi connectivity index (χ0v) is 17.9. The van der Waals surface area contributed by atoms with E-state index in [0.717, 1.165) is 35.8 Å². The van der Waals surface area contributed by atoms with Gasteiger partial charge in [0, 0.05) is 18.8 Å². The smallest absolute Gasteiger partial charge is 0.325 e. The summed E-state index contributed by atoms with van der Waals surface area (Å²) in [5, 5.41) is 2.80. The lowest BCUT2D eigenvalue weighted by Crippen LogP contribution is -2.43. The molecule has 0 atom stereocenters. The molecule has 0 saturated carbocycles. The van der Waals surface area contributed by atoms with E-state index in [2.05, 4.69) is 17.2 Å². The highest BCUT2D eigenvalue weighted by Crippen LogP contribution is 2.13. The first-order valence-electron chi connectivity index (χ1n) is 10.5. The van der Waals surface area contributed by atoms with Crippen molar-refractivity contribution in [3.8, 4) is 0 Å². The standard InChI is InChI=1S/C22H29N5O3/c1-4-6-12-25-15-23-20-19(25)21(29)27(22(30)26(20)13-7-5-2)14-18(28)24-17-11-9-8-10-16(17)3/h8-11,15H,4-7,12-14H2,1-3H3,(H,24,28). The quantitative estimate of drug-likeness (QED) is 0.586. The fourth-order valence-corrected chi connectivity index (χ4v) is 3.44. The van der Waals surface area contributed by atoms with Crippen molar-refractivity contribution < 1.29 is 4.79 Å². The SMILES string of the molecule is CCCCn1cnc2c1c(=O)n(CC(=O)Nc1ccccc1C)c(=O)n2CCCC. The molecule has 3 rings (SSSR count). The number of carbonyl (C=O) groups excluding carboxylic acids is 1. The van der Waals surface area contributed by atoms with Gasteiger partial charge in [0.25, 0.3) is 5.56 Å². The molecule has 0 fully saturated rings. The molecule has 0 aliphatic heterocycles. The summed E-state index contributed by atoms with van der Waals surface area (Å²) in [5.74, 6) is -0.412. The van der Waals surface area contributed by atoms with Crippen LogP contribution in [0.25, 0.3) is 11.2 Å². The van der Waals surface area contributed by atoms with Crippen LogP contribution in [0.2, 0.25) is 0 Å². The maximum absolute atomic E-state index is 13.2. The number of benzene rings is 1. The monoisotopic (exact) mass is 411 g/mol. The van der Waals surface area contributed by atoms with Crippen molar-refractivity contribution in [2.24, 2.45) is 0 Å². The minimum Gasteiger partial charge on any atom is -0.325 e. The molecule has 1 N–H and O–H groups in total. The molecule has 0 saturated heterocycles. The highest BCUT2D eigenvalue weighted by atomic mass is 16.2. The van der Waals surface area contributed by atoms with E-state index in [1.165, 1.54) is 4.57 Å². The fourth-order valence-electron chi connectivity index (χ4n) is 3.44. The minimum absolute atomic E-state index is 0.340. The fraction of sp³-hybridized carbons (Fsp3) is 0.455. The molecular weight excluding hydrogens is 382 g/mol. The van der Waals surface area contributed by atoms with Crippen LogP contribution in [0, 0.1) is 6.92 Å². The highest BCUT2D eigenvalue weighted by molar-refractivity contribution is 5.91. The zero-order valence-electron chi connectivity index (χ0n) is 17.9. The molecule has 0 radical (unpaired) electrons. The van der Waals surface area contributed by atoms with E-state index in [1.807, 2.05) is 32.0 Å². The molecule has 0 unspecified atom stereocenters. The second-order valence-corrected chi connectivity index (χ2v) is 7.51. The van der Waals surface area contributed by atoms with Crippen molar-refractivity contribution in [2.45, 2.75) is 66.1 Å². The first-order valence-corrected chi connectivity index (χ1v) is 10.5. The van der Waals surface area contributed by atoms with Gasteiger partial charge in [-0.3, -0.25) is 14.2 Å². The first kappa shape index (κ1) is 21.5. The van der Waals surface area contributed by atoms with Gasteiger partial charge in [-0.1, -0.05) is 44.9 Å². The Morgan fingerprint density at radius 3 is 2.43 bits per heavy atom. The van der Waals surface area contributed by atoms with E-state index in [1.54, 1.807) is 17.0 Å². The third-order valence-electron chi connectivity index (χ3n) is 5.19. The number of nitrogens with zero attached hydrogens (tertiary/aromatic N) is 4. The van der Waals surface area contributed by atoms with Crippen LogP contribution in [0.1, 0.15) is 45.1 Å². The number of para-hydroxylation sites is 1. The number of aryl methyl sites for hydroxylation is 3. The number of amides is 1. The summed E-state index contributed by atoms with van der Waals surface area (Å²) in [5.41, 5.74) is 1.37. The van der Waals surface area contributed by atoms with Crippen LogP contribution in [-0.2, 0) is 24.4 Å². The summed E-state index contributed by atoms with van der Waals surface area (Å²) in [7, 11) is 0. The Balaban J connectivity index is 2.04. The lowest BCUT2D eigenvalue weighted by atomic mass is 10.2. The average Bonchev–Trinajstić information content (AvgIpc) is 3.15. The van der Waals surface area contributed by atoms with Crippen molar-refractivity contribution in [1.82, 2.24) is 18.7 Å². The second kappa shape index (κ2) is 9.56. The van der Waals surface area contributed by atoms with Crippen molar-refractivity contribution >= 4 is 22.8 Å². The first-order chi connectivity index (χ1) is 14.5. The molecule has 1 amide bonds. The number of hydrogen-bond donors (Lipinski definition) is 1. The number of imidazole rings is 1. The summed E-state index contributed by atoms with van der Waals surface area (Å²) >= 11 is 0. The van der Waals surface area contributed by atoms with Gasteiger partial charge in [-0.15, -0.1) is 0 Å². The number of hydrogen-bond acceptors (Lipinski definition) is 4. The van der Waals surface area contributed by atoms with E-state index >= 15 is 0 Å². The summed E-state index contributed by atoms with van der Waals surface area (Å²) in [6.45, 7) is 6.75. The van der Waals surface area contributed by atoms with Crippen molar-refractivity contribution in [2.75, 3.05) is 5.32 Å². The van der Waals surface area contributed by atoms with Gasteiger partial charge in [-0.05, 0) is 31.4 Å². The van der Waals surface area contributed by atoms with Crippen molar-refractivity contribution in [1.29, 1.82) is 0 Å². The van der Waals surface area contributed by atoms with Gasteiger partial charge in [0.05, 0.1) is 6.33 Å². The van der Waals surface area contributed by atoms with Crippen LogP contribution >= 0.6 is 0 Å². The van der Waals surface area contributed by atoms with E-state index in [4.69, 9.17) is 0 Å². The maximum atomic E-state index is 13.2. The minimum atomic E-state index is -0.498. The predicted octanol–water partition coefficient (Wildman–Crippen LogP) is 2.91. The summed E-state index contributed by atoms with van der Waals surface area (Å²) in [6.07, 6.45) is 5.16. The Morgan fingerprint density at radius 1 is 1.03 bits per heavy atom. The molecule has 8 nitrogen and oxygen atoms in total. The van der Waals surface area contributed by atoms with Gasteiger partial charge in [-0.2, -0.15) is 0 Å². The van der Waals surface area contributed by atoms with Crippen LogP contribution in [0.5, 0.6) is 0 Å². The van der Waals surface area contributed by atoms with Gasteiger partial charge in [0.1, 0.15) is 6.54 Å². The number of rotatable bonds is 9. The topological polar surface area (TPSA) is 90.9 Å². The number of unbranched alkanes of at least 4 members (excludes halogenated alkanes) is 2. The van der Waals surface area contributed by atoms with Gasteiger partial charge in [0.2, 0.25) is 5.91 Å². The Labute approximate surface area is 175 Å². The second-order valence-electron chi connectivity index (χ2n) is 7.51. The van der Waals surface area contributed by atoms with Gasteiger partial charge >= 0.3 is 5.69 Å². The largest absolute Gasteiger partial charge is 0.333 e. The molecule has 0 aliphatic rings. The summed E-state index contributed by atoms with van der Waals surface area (Å²) in [4.78, 5) is 43.3. The molecule has 2 aromatic heterocycles. The molecule has 30 heavy (non-hydrogen) atoms. The predicted molar refractivity (Wildman–Crippen MR) is 118 cm³/mol. The van der Waals surface area contributed by atoms with Gasteiger partial charge in [0.15, 0.2) is 11.2 Å². The van der Waals surface area contributed by atoms with E-state index in [9.17, 15) is 14.4 Å². The van der Waals surface area contributed by atoms with E-state index in [-0.39, 0.29) is 6.54 Å². The van der Waals surface area contributed by atoms with Crippen molar-refractivity contribution in [3.05, 3.63) is 57.0 Å². The Morgan fingerprint density at radius 2 is 1.73 bits per heavy atom. The molecule has 0 aliphatic carbocycles. The Kier molecular flexibility index (Phi) is 6.87. The lowest BCUT2D eigenvalue weighted by Gasteiger charge is -2.13. The van der Waals surface area contributed by atoms with Crippen LogP contribution in [0.4, 0.5) is 5.69 Å². The van der Waals surface area contributed by atoms with Gasteiger partial charge < -0.3 is 9.88 Å². The number of fused-ring (bicyclic) bond motifs is 1. The van der Waals surface area contributed by atoms with Crippen LogP contribution in [0.3, 0.4) is 0 Å². The highest BCUT2D eigenvalue weighted by Gasteiger charge is 2.19. The average molecular weight is 412 g/mol. The van der Waals surface area contributed by atoms with Crippen LogP contribution in [0.15, 0.2) is 40.2 Å². The van der Waals surface area contributed by atoms with Gasteiger partial charge in [-0.25, -0.2) is 14.3 Å². The molecule has 0 bridgehead atoms. The molecule has 0 spiro atoms. The van der Waals surface area contributed by atoms with Crippen LogP contribution in [-0.4, -0.2) is 24.6 Å². The third-order valence-corrected chi connectivity index (χ3v) is 5.19. The molecule has 8 heteroatoms. The third kappa shape index (κ3) is 4.37. The van der Waals surface area contributed by atoms with Crippen LogP contribution < -0.4 is 16.6 Å². The molecule has 1 aromatic carbocycles. The molecular formula is C22H29N5O3. The number of nitrogens with one attached hydrogen (secondary N) is 1. The Hall–Kier alpha value is -3.16. The van der Waals surface area contributed by atoms with Crippen molar-refractivity contribution in [3.63, 3.8) is 0 Å². The molecule has 2 heterocycles. The molecule has 3 aromatic rings. The normalized spacial score (nSPS) is 11.2.